The molecule has 86 valence electrons. The highest BCUT2D eigenvalue weighted by Crippen LogP contribution is 2.32. The summed E-state index contributed by atoms with van der Waals surface area (Å²) in [4.78, 5) is 11.2. The molecule has 1 fully saturated rings. The van der Waals surface area contributed by atoms with Crippen LogP contribution in [0, 0.1) is 29.2 Å². The first-order chi connectivity index (χ1) is 7.50. The summed E-state index contributed by atoms with van der Waals surface area (Å²) in [6.45, 7) is 0. The number of anilines is 1. The Morgan fingerprint density at radius 2 is 1.62 bits per heavy atom. The molecule has 0 saturated heterocycles. The van der Waals surface area contributed by atoms with Crippen LogP contribution in [0.25, 0.3) is 0 Å². The van der Waals surface area contributed by atoms with Crippen molar-refractivity contribution in [3.05, 3.63) is 29.3 Å². The van der Waals surface area contributed by atoms with Crippen LogP contribution in [-0.4, -0.2) is 5.91 Å². The SMILES string of the molecule is O=C(Nc1c(F)c(F)cc(F)c1F)C1CC1. The molecule has 0 radical (unpaired) electrons. The Bertz CT molecular complexity index is 430. The van der Waals surface area contributed by atoms with Gasteiger partial charge < -0.3 is 5.32 Å². The highest BCUT2D eigenvalue weighted by atomic mass is 19.2. The summed E-state index contributed by atoms with van der Waals surface area (Å²) in [6.07, 6.45) is 1.24. The van der Waals surface area contributed by atoms with Gasteiger partial charge in [-0.3, -0.25) is 4.79 Å². The van der Waals surface area contributed by atoms with Gasteiger partial charge in [0.05, 0.1) is 0 Å². The van der Waals surface area contributed by atoms with E-state index < -0.39 is 34.9 Å². The molecule has 1 aromatic carbocycles. The van der Waals surface area contributed by atoms with E-state index in [1.165, 1.54) is 0 Å². The van der Waals surface area contributed by atoms with Crippen molar-refractivity contribution in [3.63, 3.8) is 0 Å². The molecule has 0 aliphatic heterocycles. The summed E-state index contributed by atoms with van der Waals surface area (Å²) in [5.74, 6) is -7.19. The Kier molecular flexibility index (Phi) is 2.57. The van der Waals surface area contributed by atoms with Crippen molar-refractivity contribution < 1.29 is 22.4 Å². The zero-order valence-electron chi connectivity index (χ0n) is 7.99. The maximum absolute atomic E-state index is 13.1. The summed E-state index contributed by atoms with van der Waals surface area (Å²) in [5, 5.41) is 1.85. The minimum absolute atomic E-state index is 0.0947. The topological polar surface area (TPSA) is 29.1 Å². The van der Waals surface area contributed by atoms with Crippen LogP contribution in [-0.2, 0) is 4.79 Å². The molecule has 0 aromatic heterocycles. The lowest BCUT2D eigenvalue weighted by molar-refractivity contribution is -0.117. The van der Waals surface area contributed by atoms with Crippen LogP contribution in [0.5, 0.6) is 0 Å². The average molecular weight is 233 g/mol. The molecule has 6 heteroatoms. The second kappa shape index (κ2) is 3.77. The number of amides is 1. The van der Waals surface area contributed by atoms with Crippen LogP contribution in [0.15, 0.2) is 6.07 Å². The average Bonchev–Trinajstić information content (AvgIpc) is 3.05. The maximum atomic E-state index is 13.1. The van der Waals surface area contributed by atoms with Gasteiger partial charge in [0.25, 0.3) is 0 Å². The zero-order valence-corrected chi connectivity index (χ0v) is 7.99. The molecule has 0 unspecified atom stereocenters. The number of halogens is 4. The second-order valence-corrected chi connectivity index (χ2v) is 3.61. The lowest BCUT2D eigenvalue weighted by atomic mass is 10.2. The molecule has 2 rings (SSSR count). The van der Waals surface area contributed by atoms with Gasteiger partial charge in [0.1, 0.15) is 5.69 Å². The Balaban J connectivity index is 2.34. The lowest BCUT2D eigenvalue weighted by Crippen LogP contribution is -2.17. The van der Waals surface area contributed by atoms with Gasteiger partial charge in [-0.05, 0) is 12.8 Å². The van der Waals surface area contributed by atoms with Gasteiger partial charge in [0, 0.05) is 12.0 Å². The van der Waals surface area contributed by atoms with Crippen LogP contribution >= 0.6 is 0 Å². The monoisotopic (exact) mass is 233 g/mol. The van der Waals surface area contributed by atoms with Gasteiger partial charge in [-0.15, -0.1) is 0 Å². The molecular formula is C10H7F4NO. The normalized spacial score (nSPS) is 15.0. The largest absolute Gasteiger partial charge is 0.321 e. The van der Waals surface area contributed by atoms with Crippen molar-refractivity contribution in [1.82, 2.24) is 0 Å². The Morgan fingerprint density at radius 3 is 2.06 bits per heavy atom. The van der Waals surface area contributed by atoms with E-state index in [4.69, 9.17) is 0 Å². The Labute approximate surface area is 88.3 Å². The van der Waals surface area contributed by atoms with Crippen LogP contribution in [0.4, 0.5) is 23.2 Å². The molecule has 0 spiro atoms. The predicted octanol–water partition coefficient (Wildman–Crippen LogP) is 2.59. The van der Waals surface area contributed by atoms with Gasteiger partial charge in [-0.25, -0.2) is 17.6 Å². The molecule has 0 heterocycles. The molecule has 16 heavy (non-hydrogen) atoms. The quantitative estimate of drug-likeness (QED) is 0.617. The van der Waals surface area contributed by atoms with Crippen LogP contribution in [0.1, 0.15) is 12.8 Å². The number of carbonyl (C=O) groups is 1. The summed E-state index contributed by atoms with van der Waals surface area (Å²) >= 11 is 0. The number of carbonyl (C=O) groups excluding carboxylic acids is 1. The number of hydrogen-bond donors (Lipinski definition) is 1. The van der Waals surface area contributed by atoms with Crippen molar-refractivity contribution in [3.8, 4) is 0 Å². The maximum Gasteiger partial charge on any atom is 0.227 e. The van der Waals surface area contributed by atoms with Crippen molar-refractivity contribution in [2.24, 2.45) is 5.92 Å². The Morgan fingerprint density at radius 1 is 1.12 bits per heavy atom. The van der Waals surface area contributed by atoms with E-state index in [2.05, 4.69) is 0 Å². The predicted molar refractivity (Wildman–Crippen MR) is 47.6 cm³/mol. The van der Waals surface area contributed by atoms with Gasteiger partial charge in [0.2, 0.25) is 5.91 Å². The number of nitrogens with one attached hydrogen (secondary N) is 1. The molecular weight excluding hydrogens is 226 g/mol. The minimum atomic E-state index is -1.59. The molecule has 1 N–H and O–H groups in total. The standard InChI is InChI=1S/C10H7F4NO/c11-5-3-6(12)8(14)9(7(5)13)15-10(16)4-1-2-4/h3-4H,1-2H2,(H,15,16). The zero-order chi connectivity index (χ0) is 11.9. The third-order valence-corrected chi connectivity index (χ3v) is 2.31. The molecule has 1 amide bonds. The molecule has 1 aliphatic rings. The Hall–Kier alpha value is -1.59. The number of rotatable bonds is 2. The smallest absolute Gasteiger partial charge is 0.227 e. The molecule has 1 aromatic rings. The van der Waals surface area contributed by atoms with E-state index in [0.717, 1.165) is 0 Å². The number of benzene rings is 1. The third kappa shape index (κ3) is 1.87. The first-order valence-electron chi connectivity index (χ1n) is 4.64. The molecule has 0 atom stereocenters. The summed E-state index contributed by atoms with van der Waals surface area (Å²) in [5.41, 5.74) is -1.06. The summed E-state index contributed by atoms with van der Waals surface area (Å²) in [6, 6.07) is 0.0947. The highest BCUT2D eigenvalue weighted by Gasteiger charge is 2.31. The minimum Gasteiger partial charge on any atom is -0.321 e. The number of hydrogen-bond acceptors (Lipinski definition) is 1. The van der Waals surface area contributed by atoms with Gasteiger partial charge in [0.15, 0.2) is 23.3 Å². The molecule has 2 nitrogen and oxygen atoms in total. The fraction of sp³-hybridized carbons (Fsp3) is 0.300. The van der Waals surface area contributed by atoms with E-state index in [0.29, 0.717) is 12.8 Å². The fourth-order valence-electron chi connectivity index (χ4n) is 1.25. The van der Waals surface area contributed by atoms with Gasteiger partial charge in [-0.2, -0.15) is 0 Å². The van der Waals surface area contributed by atoms with Gasteiger partial charge in [-0.1, -0.05) is 0 Å². The fourth-order valence-corrected chi connectivity index (χ4v) is 1.25. The molecule has 0 bridgehead atoms. The van der Waals surface area contributed by atoms with E-state index >= 15 is 0 Å². The van der Waals surface area contributed by atoms with Crippen molar-refractivity contribution in [2.45, 2.75) is 12.8 Å². The molecule has 1 aliphatic carbocycles. The lowest BCUT2D eigenvalue weighted by Gasteiger charge is -2.08. The second-order valence-electron chi connectivity index (χ2n) is 3.61. The van der Waals surface area contributed by atoms with Gasteiger partial charge >= 0.3 is 0 Å². The first kappa shape index (κ1) is 10.9. The summed E-state index contributed by atoms with van der Waals surface area (Å²) in [7, 11) is 0. The first-order valence-corrected chi connectivity index (χ1v) is 4.64. The van der Waals surface area contributed by atoms with Crippen LogP contribution in [0.2, 0.25) is 0 Å². The van der Waals surface area contributed by atoms with Crippen molar-refractivity contribution in [2.75, 3.05) is 5.32 Å². The highest BCUT2D eigenvalue weighted by molar-refractivity contribution is 5.94. The third-order valence-electron chi connectivity index (χ3n) is 2.31. The molecule has 1 saturated carbocycles. The van der Waals surface area contributed by atoms with E-state index in [9.17, 15) is 22.4 Å². The van der Waals surface area contributed by atoms with E-state index in [1.54, 1.807) is 0 Å². The van der Waals surface area contributed by atoms with Crippen molar-refractivity contribution >= 4 is 11.6 Å². The van der Waals surface area contributed by atoms with Crippen molar-refractivity contribution in [1.29, 1.82) is 0 Å². The van der Waals surface area contributed by atoms with E-state index in [-0.39, 0.29) is 12.0 Å². The van der Waals surface area contributed by atoms with Crippen LogP contribution in [0.3, 0.4) is 0 Å². The van der Waals surface area contributed by atoms with E-state index in [1.807, 2.05) is 5.32 Å². The summed E-state index contributed by atoms with van der Waals surface area (Å²) < 4.78 is 51.7. The van der Waals surface area contributed by atoms with Crippen LogP contribution < -0.4 is 5.32 Å².